The van der Waals surface area contributed by atoms with E-state index in [2.05, 4.69) is 49.4 Å². The van der Waals surface area contributed by atoms with Gasteiger partial charge in [-0.05, 0) is 75.2 Å². The lowest BCUT2D eigenvalue weighted by Gasteiger charge is -2.14. The van der Waals surface area contributed by atoms with Crippen molar-refractivity contribution >= 4 is 0 Å². The summed E-state index contributed by atoms with van der Waals surface area (Å²) in [4.78, 5) is 9.26. The highest BCUT2D eigenvalue weighted by Gasteiger charge is 2.22. The van der Waals surface area contributed by atoms with Gasteiger partial charge in [0.1, 0.15) is 11.6 Å². The molecule has 3 nitrogen and oxygen atoms in total. The van der Waals surface area contributed by atoms with Gasteiger partial charge in [-0.3, -0.25) is 4.98 Å². The maximum atomic E-state index is 13.6. The predicted molar refractivity (Wildman–Crippen MR) is 116 cm³/mol. The van der Waals surface area contributed by atoms with Crippen molar-refractivity contribution in [1.29, 1.82) is 0 Å². The van der Waals surface area contributed by atoms with Crippen LogP contribution in [0.4, 0.5) is 4.39 Å². The second-order valence-electron chi connectivity index (χ2n) is 7.39. The van der Waals surface area contributed by atoms with Gasteiger partial charge >= 0.3 is 0 Å². The largest absolute Gasteiger partial charge is 0.324 e. The van der Waals surface area contributed by atoms with E-state index >= 15 is 0 Å². The van der Waals surface area contributed by atoms with Crippen LogP contribution in [-0.4, -0.2) is 14.5 Å². The molecule has 4 heteroatoms. The van der Waals surface area contributed by atoms with E-state index in [1.165, 1.54) is 28.8 Å². The monoisotopic (exact) mass is 385 g/mol. The van der Waals surface area contributed by atoms with Gasteiger partial charge in [-0.2, -0.15) is 0 Å². The molecular weight excluding hydrogens is 361 g/mol. The topological polar surface area (TPSA) is 30.7 Å². The number of hydrogen-bond acceptors (Lipinski definition) is 2. The van der Waals surface area contributed by atoms with Crippen molar-refractivity contribution in [3.05, 3.63) is 83.4 Å². The molecule has 0 saturated carbocycles. The molecule has 29 heavy (non-hydrogen) atoms. The number of pyridine rings is 1. The minimum absolute atomic E-state index is 0.243. The van der Waals surface area contributed by atoms with Crippen LogP contribution in [0.5, 0.6) is 0 Å². The maximum absolute atomic E-state index is 13.6. The summed E-state index contributed by atoms with van der Waals surface area (Å²) in [7, 11) is 0. The summed E-state index contributed by atoms with van der Waals surface area (Å²) in [5.74, 6) is 0.695. The van der Waals surface area contributed by atoms with Crippen molar-refractivity contribution in [1.82, 2.24) is 14.5 Å². The van der Waals surface area contributed by atoms with Crippen LogP contribution >= 0.6 is 0 Å². The molecule has 146 valence electrons. The summed E-state index contributed by atoms with van der Waals surface area (Å²) in [6.45, 7) is 9.25. The fourth-order valence-corrected chi connectivity index (χ4v) is 4.10. The van der Waals surface area contributed by atoms with Crippen LogP contribution < -0.4 is 0 Å². The average Bonchev–Trinajstić information content (AvgIpc) is 3.07. The molecule has 2 aromatic heterocycles. The summed E-state index contributed by atoms with van der Waals surface area (Å²) in [5.41, 5.74) is 8.62. The van der Waals surface area contributed by atoms with Gasteiger partial charge in [-0.1, -0.05) is 17.7 Å². The van der Waals surface area contributed by atoms with E-state index < -0.39 is 0 Å². The molecular formula is C25H24FN3. The highest BCUT2D eigenvalue weighted by Crippen LogP contribution is 2.38. The third kappa shape index (κ3) is 3.46. The molecule has 4 aromatic rings. The first-order valence-corrected chi connectivity index (χ1v) is 9.84. The van der Waals surface area contributed by atoms with E-state index in [-0.39, 0.29) is 5.82 Å². The highest BCUT2D eigenvalue weighted by atomic mass is 19.1. The minimum Gasteiger partial charge on any atom is -0.324 e. The molecule has 0 spiro atoms. The number of aromatic nitrogens is 3. The smallest absolute Gasteiger partial charge is 0.141 e. The van der Waals surface area contributed by atoms with Gasteiger partial charge in [-0.15, -0.1) is 0 Å². The van der Waals surface area contributed by atoms with Crippen molar-refractivity contribution in [3.8, 4) is 33.9 Å². The first kappa shape index (κ1) is 19.1. The standard InChI is InChI=1S/C25H24FN3/c1-5-29-24(20-6-8-21(26)9-7-20)23(19-10-12-27-13-11-19)28-25(29)22-17(3)14-16(2)15-18(22)4/h6-15H,5H2,1-4H3. The van der Waals surface area contributed by atoms with Gasteiger partial charge in [0.15, 0.2) is 0 Å². The predicted octanol–water partition coefficient (Wildman–Crippen LogP) is 6.36. The average molecular weight is 385 g/mol. The summed E-state index contributed by atoms with van der Waals surface area (Å²) < 4.78 is 15.8. The molecule has 0 atom stereocenters. The lowest BCUT2D eigenvalue weighted by atomic mass is 9.99. The van der Waals surface area contributed by atoms with Crippen LogP contribution in [-0.2, 0) is 6.54 Å². The molecule has 0 fully saturated rings. The summed E-state index contributed by atoms with van der Waals surface area (Å²) in [6.07, 6.45) is 3.55. The summed E-state index contributed by atoms with van der Waals surface area (Å²) in [6, 6.07) is 15.0. The van der Waals surface area contributed by atoms with Crippen LogP contribution in [0.2, 0.25) is 0 Å². The van der Waals surface area contributed by atoms with Crippen LogP contribution in [0.15, 0.2) is 60.9 Å². The molecule has 0 aliphatic rings. The van der Waals surface area contributed by atoms with Gasteiger partial charge in [0, 0.05) is 35.6 Å². The number of halogens is 1. The van der Waals surface area contributed by atoms with Gasteiger partial charge in [0.25, 0.3) is 0 Å². The minimum atomic E-state index is -0.243. The number of hydrogen-bond donors (Lipinski definition) is 0. The molecule has 0 N–H and O–H groups in total. The van der Waals surface area contributed by atoms with Crippen LogP contribution in [0.25, 0.3) is 33.9 Å². The molecule has 2 heterocycles. The molecule has 0 aliphatic carbocycles. The van der Waals surface area contributed by atoms with Crippen molar-refractivity contribution < 1.29 is 4.39 Å². The van der Waals surface area contributed by atoms with E-state index in [4.69, 9.17) is 4.98 Å². The molecule has 0 aliphatic heterocycles. The SMILES string of the molecule is CCn1c(-c2c(C)cc(C)cc2C)nc(-c2ccncc2)c1-c1ccc(F)cc1. The highest BCUT2D eigenvalue weighted by molar-refractivity contribution is 5.83. The van der Waals surface area contributed by atoms with Gasteiger partial charge in [0.05, 0.1) is 11.4 Å². The lowest BCUT2D eigenvalue weighted by Crippen LogP contribution is -2.03. The van der Waals surface area contributed by atoms with E-state index in [0.717, 1.165) is 40.4 Å². The molecule has 0 saturated heterocycles. The van der Waals surface area contributed by atoms with Gasteiger partial charge in [0.2, 0.25) is 0 Å². The van der Waals surface area contributed by atoms with Crippen molar-refractivity contribution in [2.75, 3.05) is 0 Å². The van der Waals surface area contributed by atoms with Crippen molar-refractivity contribution in [3.63, 3.8) is 0 Å². The van der Waals surface area contributed by atoms with Crippen LogP contribution in [0.3, 0.4) is 0 Å². The van der Waals surface area contributed by atoms with E-state index in [1.54, 1.807) is 12.4 Å². The zero-order valence-corrected chi connectivity index (χ0v) is 17.2. The Morgan fingerprint density at radius 2 is 1.48 bits per heavy atom. The Morgan fingerprint density at radius 1 is 0.862 bits per heavy atom. The maximum Gasteiger partial charge on any atom is 0.141 e. The molecule has 2 aromatic carbocycles. The third-order valence-electron chi connectivity index (χ3n) is 5.26. The third-order valence-corrected chi connectivity index (χ3v) is 5.26. The Hall–Kier alpha value is -3.27. The van der Waals surface area contributed by atoms with Crippen LogP contribution in [0, 0.1) is 26.6 Å². The molecule has 0 radical (unpaired) electrons. The van der Waals surface area contributed by atoms with E-state index in [0.29, 0.717) is 0 Å². The summed E-state index contributed by atoms with van der Waals surface area (Å²) >= 11 is 0. The molecule has 4 rings (SSSR count). The zero-order valence-electron chi connectivity index (χ0n) is 17.2. The molecule has 0 amide bonds. The van der Waals surface area contributed by atoms with Gasteiger partial charge in [-0.25, -0.2) is 9.37 Å². The first-order valence-electron chi connectivity index (χ1n) is 9.84. The first-order chi connectivity index (χ1) is 14.0. The Bertz CT molecular complexity index is 1140. The second kappa shape index (κ2) is 7.63. The zero-order chi connectivity index (χ0) is 20.5. The van der Waals surface area contributed by atoms with Crippen LogP contribution in [0.1, 0.15) is 23.6 Å². The fourth-order valence-electron chi connectivity index (χ4n) is 4.10. The number of benzene rings is 2. The number of nitrogens with zero attached hydrogens (tertiary/aromatic N) is 3. The lowest BCUT2D eigenvalue weighted by molar-refractivity contribution is 0.628. The fraction of sp³-hybridized carbons (Fsp3) is 0.200. The van der Waals surface area contributed by atoms with E-state index in [9.17, 15) is 4.39 Å². The van der Waals surface area contributed by atoms with Gasteiger partial charge < -0.3 is 4.57 Å². The quantitative estimate of drug-likeness (QED) is 0.409. The Balaban J connectivity index is 2.06. The number of rotatable bonds is 4. The molecule has 0 unspecified atom stereocenters. The summed E-state index contributed by atoms with van der Waals surface area (Å²) in [5, 5.41) is 0. The van der Waals surface area contributed by atoms with Crippen molar-refractivity contribution in [2.45, 2.75) is 34.2 Å². The Kier molecular flexibility index (Phi) is 5.01. The second-order valence-corrected chi connectivity index (χ2v) is 7.39. The Labute approximate surface area is 170 Å². The molecule has 0 bridgehead atoms. The van der Waals surface area contributed by atoms with E-state index in [1.807, 2.05) is 24.3 Å². The number of aryl methyl sites for hydroxylation is 3. The Morgan fingerprint density at radius 3 is 2.07 bits per heavy atom. The normalized spacial score (nSPS) is 11.1. The number of imidazole rings is 1. The van der Waals surface area contributed by atoms with Crippen molar-refractivity contribution in [2.24, 2.45) is 0 Å².